The minimum absolute atomic E-state index is 0.0503. The fourth-order valence-corrected chi connectivity index (χ4v) is 5.14. The molecule has 0 radical (unpaired) electrons. The summed E-state index contributed by atoms with van der Waals surface area (Å²) in [6, 6.07) is 0. The van der Waals surface area contributed by atoms with Crippen LogP contribution in [-0.4, -0.2) is 44.4 Å². The number of amides is 1. The predicted octanol–water partition coefficient (Wildman–Crippen LogP) is 2.70. The van der Waals surface area contributed by atoms with Crippen LogP contribution < -0.4 is 0 Å². The molecule has 5 nitrogen and oxygen atoms in total. The van der Waals surface area contributed by atoms with Crippen molar-refractivity contribution in [3.05, 3.63) is 17.5 Å². The number of aromatic nitrogens is 2. The number of aryl methyl sites for hydroxylation is 1. The van der Waals surface area contributed by atoms with Crippen LogP contribution in [-0.2, 0) is 18.0 Å². The zero-order valence-corrected chi connectivity index (χ0v) is 15.0. The van der Waals surface area contributed by atoms with Crippen LogP contribution in [0.15, 0.2) is 6.20 Å². The smallest absolute Gasteiger partial charge is 0.390 e. The Morgan fingerprint density at radius 1 is 1.31 bits per heavy atom. The maximum absolute atomic E-state index is 13.2. The molecule has 4 rings (SSSR count). The summed E-state index contributed by atoms with van der Waals surface area (Å²) in [6.07, 6.45) is 0.281. The minimum Gasteiger partial charge on any atom is -0.390 e. The fourth-order valence-electron chi connectivity index (χ4n) is 5.14. The van der Waals surface area contributed by atoms with Crippen LogP contribution in [0.2, 0.25) is 0 Å². The SMILES string of the molecule is Cn1cc([C@@H]2CCC3(C2)CN(C(=O)C2CC(C)(O)C2)C3)c(C(F)(F)F)n1. The summed E-state index contributed by atoms with van der Waals surface area (Å²) in [5.74, 6) is -0.167. The second kappa shape index (κ2) is 5.47. The summed E-state index contributed by atoms with van der Waals surface area (Å²) in [4.78, 5) is 14.2. The van der Waals surface area contributed by atoms with E-state index in [4.69, 9.17) is 0 Å². The number of hydrogen-bond donors (Lipinski definition) is 1. The van der Waals surface area contributed by atoms with Gasteiger partial charge in [-0.25, -0.2) is 0 Å². The molecule has 2 saturated carbocycles. The van der Waals surface area contributed by atoms with Crippen LogP contribution >= 0.6 is 0 Å². The third-order valence-electron chi connectivity index (χ3n) is 6.35. The van der Waals surface area contributed by atoms with Crippen molar-refractivity contribution in [1.82, 2.24) is 14.7 Å². The highest BCUT2D eigenvalue weighted by Crippen LogP contribution is 2.54. The Kier molecular flexibility index (Phi) is 3.75. The molecule has 2 heterocycles. The van der Waals surface area contributed by atoms with E-state index in [1.54, 1.807) is 6.92 Å². The van der Waals surface area contributed by atoms with E-state index in [0.717, 1.165) is 6.42 Å². The van der Waals surface area contributed by atoms with Crippen molar-refractivity contribution in [1.29, 1.82) is 0 Å². The molecule has 1 amide bonds. The van der Waals surface area contributed by atoms with Gasteiger partial charge in [-0.15, -0.1) is 0 Å². The van der Waals surface area contributed by atoms with E-state index in [2.05, 4.69) is 5.10 Å². The molecule has 1 N–H and O–H groups in total. The summed E-state index contributed by atoms with van der Waals surface area (Å²) >= 11 is 0. The Morgan fingerprint density at radius 3 is 2.54 bits per heavy atom. The Bertz CT molecular complexity index is 727. The molecule has 1 aliphatic heterocycles. The summed E-state index contributed by atoms with van der Waals surface area (Å²) in [7, 11) is 1.51. The molecule has 0 bridgehead atoms. The van der Waals surface area contributed by atoms with Crippen molar-refractivity contribution >= 4 is 5.91 Å². The van der Waals surface area contributed by atoms with Gasteiger partial charge in [0.05, 0.1) is 5.60 Å². The average molecular weight is 371 g/mol. The van der Waals surface area contributed by atoms with Crippen molar-refractivity contribution in [3.63, 3.8) is 0 Å². The van der Waals surface area contributed by atoms with E-state index in [1.807, 2.05) is 4.90 Å². The Hall–Kier alpha value is -1.57. The normalized spacial score (nSPS) is 33.2. The quantitative estimate of drug-likeness (QED) is 0.870. The molecule has 8 heteroatoms. The third-order valence-corrected chi connectivity index (χ3v) is 6.35. The highest BCUT2D eigenvalue weighted by atomic mass is 19.4. The standard InChI is InChI=1S/C18H24F3N3O2/c1-16(26)5-12(6-16)15(25)24-9-17(10-24)4-3-11(7-17)13-8-23(2)22-14(13)18(19,20)21/h8,11-12,26H,3-7,9-10H2,1-2H3/t11-,12?,16?/m1/s1. The first-order valence-corrected chi connectivity index (χ1v) is 9.10. The first-order valence-electron chi connectivity index (χ1n) is 9.10. The first-order chi connectivity index (χ1) is 12.0. The molecule has 3 fully saturated rings. The molecule has 0 aromatic carbocycles. The summed E-state index contributed by atoms with van der Waals surface area (Å²) in [5, 5.41) is 13.4. The molecule has 144 valence electrons. The predicted molar refractivity (Wildman–Crippen MR) is 87.2 cm³/mol. The van der Waals surface area contributed by atoms with Crippen LogP contribution in [0, 0.1) is 11.3 Å². The van der Waals surface area contributed by atoms with Crippen LogP contribution in [0.25, 0.3) is 0 Å². The van der Waals surface area contributed by atoms with E-state index in [-0.39, 0.29) is 28.7 Å². The van der Waals surface area contributed by atoms with Crippen LogP contribution in [0.5, 0.6) is 0 Å². The summed E-state index contributed by atoms with van der Waals surface area (Å²) in [5.41, 5.74) is -1.26. The molecule has 0 unspecified atom stereocenters. The molecule has 1 spiro atoms. The van der Waals surface area contributed by atoms with Gasteiger partial charge >= 0.3 is 6.18 Å². The summed E-state index contributed by atoms with van der Waals surface area (Å²) < 4.78 is 40.9. The van der Waals surface area contributed by atoms with Gasteiger partial charge in [-0.2, -0.15) is 18.3 Å². The van der Waals surface area contributed by atoms with Gasteiger partial charge in [0.1, 0.15) is 0 Å². The van der Waals surface area contributed by atoms with E-state index in [0.29, 0.717) is 38.8 Å². The Morgan fingerprint density at radius 2 is 1.96 bits per heavy atom. The molecule has 1 aromatic rings. The average Bonchev–Trinajstić information content (AvgIpc) is 3.05. The second-order valence-electron chi connectivity index (χ2n) is 8.84. The van der Waals surface area contributed by atoms with Gasteiger partial charge in [-0.05, 0) is 44.9 Å². The van der Waals surface area contributed by atoms with Gasteiger partial charge < -0.3 is 10.0 Å². The largest absolute Gasteiger partial charge is 0.435 e. The number of nitrogens with zero attached hydrogens (tertiary/aromatic N) is 3. The Labute approximate surface area is 150 Å². The van der Waals surface area contributed by atoms with E-state index < -0.39 is 17.5 Å². The van der Waals surface area contributed by atoms with Crippen molar-refractivity contribution in [2.24, 2.45) is 18.4 Å². The van der Waals surface area contributed by atoms with Gasteiger partial charge in [0.15, 0.2) is 5.69 Å². The monoisotopic (exact) mass is 371 g/mol. The maximum Gasteiger partial charge on any atom is 0.435 e. The van der Waals surface area contributed by atoms with Crippen molar-refractivity contribution in [2.75, 3.05) is 13.1 Å². The van der Waals surface area contributed by atoms with Crippen LogP contribution in [0.3, 0.4) is 0 Å². The molecule has 1 aromatic heterocycles. The number of alkyl halides is 3. The van der Waals surface area contributed by atoms with Gasteiger partial charge in [0.2, 0.25) is 5.91 Å². The maximum atomic E-state index is 13.2. The van der Waals surface area contributed by atoms with Crippen LogP contribution in [0.1, 0.15) is 56.2 Å². The molecule has 1 saturated heterocycles. The van der Waals surface area contributed by atoms with Gasteiger partial charge in [0, 0.05) is 43.2 Å². The van der Waals surface area contributed by atoms with E-state index in [1.165, 1.54) is 17.9 Å². The zero-order valence-electron chi connectivity index (χ0n) is 15.0. The summed E-state index contributed by atoms with van der Waals surface area (Å²) in [6.45, 7) is 2.99. The van der Waals surface area contributed by atoms with Crippen LogP contribution in [0.4, 0.5) is 13.2 Å². The molecular weight excluding hydrogens is 347 g/mol. The lowest BCUT2D eigenvalue weighted by Gasteiger charge is -2.52. The number of rotatable bonds is 2. The molecule has 1 atom stereocenters. The lowest BCUT2D eigenvalue weighted by atomic mass is 9.69. The molecule has 3 aliphatic rings. The van der Waals surface area contributed by atoms with Crippen molar-refractivity contribution in [2.45, 2.75) is 56.7 Å². The third kappa shape index (κ3) is 2.92. The first kappa shape index (κ1) is 17.8. The lowest BCUT2D eigenvalue weighted by Crippen LogP contribution is -2.61. The number of aliphatic hydroxyl groups is 1. The van der Waals surface area contributed by atoms with Crippen molar-refractivity contribution < 1.29 is 23.1 Å². The number of likely N-dealkylation sites (tertiary alicyclic amines) is 1. The highest BCUT2D eigenvalue weighted by molar-refractivity contribution is 5.81. The highest BCUT2D eigenvalue weighted by Gasteiger charge is 2.54. The minimum atomic E-state index is -4.44. The molecule has 2 aliphatic carbocycles. The number of carbonyl (C=O) groups is 1. The van der Waals surface area contributed by atoms with Gasteiger partial charge in [-0.3, -0.25) is 9.48 Å². The fraction of sp³-hybridized carbons (Fsp3) is 0.778. The zero-order chi connectivity index (χ0) is 18.9. The van der Waals surface area contributed by atoms with Crippen molar-refractivity contribution in [3.8, 4) is 0 Å². The lowest BCUT2D eigenvalue weighted by molar-refractivity contribution is -0.161. The topological polar surface area (TPSA) is 58.4 Å². The molecule has 26 heavy (non-hydrogen) atoms. The Balaban J connectivity index is 1.39. The van der Waals surface area contributed by atoms with E-state index in [9.17, 15) is 23.1 Å². The van der Waals surface area contributed by atoms with E-state index >= 15 is 0 Å². The second-order valence-corrected chi connectivity index (χ2v) is 8.84. The number of hydrogen-bond acceptors (Lipinski definition) is 3. The number of halogens is 3. The molecular formula is C18H24F3N3O2. The number of carbonyl (C=O) groups excluding carboxylic acids is 1. The van der Waals surface area contributed by atoms with Gasteiger partial charge in [0.25, 0.3) is 0 Å². The van der Waals surface area contributed by atoms with Gasteiger partial charge in [-0.1, -0.05) is 0 Å².